The second kappa shape index (κ2) is 11.6. The number of nitrogen functional groups attached to an aromatic ring is 1. The van der Waals surface area contributed by atoms with Crippen LogP contribution in [0.5, 0.6) is 11.5 Å². The molecule has 1 aliphatic heterocycles. The van der Waals surface area contributed by atoms with Crippen LogP contribution in [0.1, 0.15) is 27.1 Å². The quantitative estimate of drug-likeness (QED) is 0.285. The lowest BCUT2D eigenvalue weighted by molar-refractivity contribution is 0.0783. The summed E-state index contributed by atoms with van der Waals surface area (Å²) in [6.07, 6.45) is 5.84. The molecule has 210 valence electrons. The van der Waals surface area contributed by atoms with Gasteiger partial charge in [0, 0.05) is 55.3 Å². The molecule has 0 bridgehead atoms. The lowest BCUT2D eigenvalue weighted by atomic mass is 10.0. The molecule has 1 saturated heterocycles. The van der Waals surface area contributed by atoms with Gasteiger partial charge in [-0.25, -0.2) is 4.98 Å². The van der Waals surface area contributed by atoms with Gasteiger partial charge < -0.3 is 20.7 Å². The third-order valence-electron chi connectivity index (χ3n) is 7.31. The van der Waals surface area contributed by atoms with Crippen LogP contribution in [0.2, 0.25) is 0 Å². The summed E-state index contributed by atoms with van der Waals surface area (Å²) < 4.78 is 7.56. The van der Waals surface area contributed by atoms with Crippen LogP contribution in [0.25, 0.3) is 22.3 Å². The molecule has 3 N–H and O–H groups in total. The molecule has 2 aromatic heterocycles. The molecular weight excluding hydrogens is 528 g/mol. The van der Waals surface area contributed by atoms with Gasteiger partial charge in [0.05, 0.1) is 11.8 Å². The van der Waals surface area contributed by atoms with Crippen LogP contribution in [0, 0.1) is 0 Å². The molecule has 1 atom stereocenters. The highest BCUT2D eigenvalue weighted by atomic mass is 16.5. The normalized spacial score (nSPS) is 14.5. The van der Waals surface area contributed by atoms with Crippen molar-refractivity contribution in [1.82, 2.24) is 25.0 Å². The highest BCUT2D eigenvalue weighted by Crippen LogP contribution is 2.27. The van der Waals surface area contributed by atoms with E-state index in [0.717, 1.165) is 33.8 Å². The van der Waals surface area contributed by atoms with Gasteiger partial charge in [0.25, 0.3) is 11.8 Å². The van der Waals surface area contributed by atoms with Crippen molar-refractivity contribution in [2.24, 2.45) is 7.05 Å². The fourth-order valence-corrected chi connectivity index (χ4v) is 5.04. The maximum atomic E-state index is 13.2. The summed E-state index contributed by atoms with van der Waals surface area (Å²) in [4.78, 5) is 32.3. The number of pyridine rings is 1. The first-order chi connectivity index (χ1) is 20.4. The van der Waals surface area contributed by atoms with E-state index in [1.165, 1.54) is 0 Å². The minimum Gasteiger partial charge on any atom is -0.457 e. The Bertz CT molecular complexity index is 1720. The highest BCUT2D eigenvalue weighted by molar-refractivity contribution is 6.00. The molecule has 3 aromatic carbocycles. The van der Waals surface area contributed by atoms with E-state index in [2.05, 4.69) is 15.4 Å². The molecule has 0 saturated carbocycles. The average molecular weight is 559 g/mol. The lowest BCUT2D eigenvalue weighted by Gasteiger charge is -2.18. The maximum absolute atomic E-state index is 13.2. The number of amides is 2. The Morgan fingerprint density at radius 2 is 1.57 bits per heavy atom. The Hall–Kier alpha value is -5.44. The molecule has 3 heterocycles. The Morgan fingerprint density at radius 1 is 0.881 bits per heavy atom. The number of hydrogen-bond acceptors (Lipinski definition) is 6. The Balaban J connectivity index is 1.06. The van der Waals surface area contributed by atoms with Gasteiger partial charge in [-0.05, 0) is 60.0 Å². The van der Waals surface area contributed by atoms with Crippen LogP contribution in [-0.4, -0.2) is 50.6 Å². The van der Waals surface area contributed by atoms with Crippen LogP contribution < -0.4 is 15.8 Å². The van der Waals surface area contributed by atoms with E-state index in [1.807, 2.05) is 92.1 Å². The number of carbonyl (C=O) groups is 2. The van der Waals surface area contributed by atoms with Crippen LogP contribution in [0.3, 0.4) is 0 Å². The number of carbonyl (C=O) groups excluding carboxylic acids is 2. The standard InChI is InChI=1S/C33H30N6O3/c1-38-20-26(19-36-38)25-17-30(31(34)35-18-25)32(40)37-27-15-16-39(21-27)33(41)24-9-7-22(8-10-24)23-11-13-29(14-12-23)42-28-5-3-2-4-6-28/h2-14,17-20,27H,15-16,21H2,1H3,(H2,34,35)(H,37,40)/t27-/m1/s1. The van der Waals surface area contributed by atoms with Gasteiger partial charge in [0.15, 0.2) is 0 Å². The molecule has 1 aliphatic rings. The number of aromatic nitrogens is 3. The molecule has 9 heteroatoms. The molecule has 0 unspecified atom stereocenters. The monoisotopic (exact) mass is 558 g/mol. The van der Waals surface area contributed by atoms with E-state index >= 15 is 0 Å². The van der Waals surface area contributed by atoms with Gasteiger partial charge in [0.2, 0.25) is 0 Å². The van der Waals surface area contributed by atoms with Crippen molar-refractivity contribution in [3.63, 3.8) is 0 Å². The number of nitrogens with zero attached hydrogens (tertiary/aromatic N) is 4. The van der Waals surface area contributed by atoms with E-state index in [0.29, 0.717) is 30.6 Å². The lowest BCUT2D eigenvalue weighted by Crippen LogP contribution is -2.38. The SMILES string of the molecule is Cn1cc(-c2cnc(N)c(C(=O)N[C@@H]3CCN(C(=O)c4ccc(-c5ccc(Oc6ccccc6)cc5)cc4)C3)c2)cn1. The summed E-state index contributed by atoms with van der Waals surface area (Å²) >= 11 is 0. The average Bonchev–Trinajstić information content (AvgIpc) is 3.67. The van der Waals surface area contributed by atoms with Gasteiger partial charge in [0.1, 0.15) is 17.3 Å². The number of ether oxygens (including phenoxy) is 1. The summed E-state index contributed by atoms with van der Waals surface area (Å²) in [7, 11) is 1.82. The fourth-order valence-electron chi connectivity index (χ4n) is 5.04. The van der Waals surface area contributed by atoms with Crippen molar-refractivity contribution in [3.05, 3.63) is 115 Å². The van der Waals surface area contributed by atoms with Gasteiger partial charge in [-0.1, -0.05) is 42.5 Å². The largest absolute Gasteiger partial charge is 0.457 e. The van der Waals surface area contributed by atoms with Crippen LogP contribution in [-0.2, 0) is 7.05 Å². The third-order valence-corrected chi connectivity index (χ3v) is 7.31. The number of hydrogen-bond donors (Lipinski definition) is 2. The van der Waals surface area contributed by atoms with Gasteiger partial charge in [-0.15, -0.1) is 0 Å². The molecule has 1 fully saturated rings. The van der Waals surface area contributed by atoms with E-state index in [1.54, 1.807) is 28.0 Å². The number of benzene rings is 3. The topological polar surface area (TPSA) is 115 Å². The van der Waals surface area contributed by atoms with Crippen molar-refractivity contribution in [2.45, 2.75) is 12.5 Å². The van der Waals surface area contributed by atoms with Crippen LogP contribution >= 0.6 is 0 Å². The van der Waals surface area contributed by atoms with Crippen molar-refractivity contribution in [2.75, 3.05) is 18.8 Å². The van der Waals surface area contributed by atoms with Gasteiger partial charge in [-0.3, -0.25) is 14.3 Å². The van der Waals surface area contributed by atoms with Crippen LogP contribution in [0.15, 0.2) is 104 Å². The van der Waals surface area contributed by atoms with Crippen molar-refractivity contribution in [1.29, 1.82) is 0 Å². The molecule has 2 amide bonds. The Labute approximate surface area is 243 Å². The first-order valence-corrected chi connectivity index (χ1v) is 13.7. The number of para-hydroxylation sites is 1. The van der Waals surface area contributed by atoms with E-state index < -0.39 is 0 Å². The predicted octanol–water partition coefficient (Wildman–Crippen LogP) is 5.17. The number of nitrogens with two attached hydrogens (primary N) is 1. The van der Waals surface area contributed by atoms with Crippen molar-refractivity contribution >= 4 is 17.6 Å². The third kappa shape index (κ3) is 5.85. The number of aryl methyl sites for hydroxylation is 1. The van der Waals surface area contributed by atoms with Crippen molar-refractivity contribution in [3.8, 4) is 33.8 Å². The molecule has 0 radical (unpaired) electrons. The first kappa shape index (κ1) is 26.8. The number of rotatable bonds is 7. The Kier molecular flexibility index (Phi) is 7.38. The minimum atomic E-state index is -0.311. The summed E-state index contributed by atoms with van der Waals surface area (Å²) in [6, 6.07) is 26.6. The second-order valence-corrected chi connectivity index (χ2v) is 10.3. The van der Waals surface area contributed by atoms with E-state index in [-0.39, 0.29) is 23.7 Å². The zero-order valence-corrected chi connectivity index (χ0v) is 23.1. The van der Waals surface area contributed by atoms with E-state index in [9.17, 15) is 9.59 Å². The molecule has 5 aromatic rings. The summed E-state index contributed by atoms with van der Waals surface area (Å²) in [6.45, 7) is 0.975. The molecule has 6 rings (SSSR count). The predicted molar refractivity (Wildman–Crippen MR) is 161 cm³/mol. The summed E-state index contributed by atoms with van der Waals surface area (Å²) in [5.74, 6) is 1.32. The molecule has 0 spiro atoms. The van der Waals surface area contributed by atoms with Gasteiger partial charge >= 0.3 is 0 Å². The van der Waals surface area contributed by atoms with Crippen molar-refractivity contribution < 1.29 is 14.3 Å². The maximum Gasteiger partial charge on any atom is 0.255 e. The zero-order valence-electron chi connectivity index (χ0n) is 23.1. The number of nitrogens with one attached hydrogen (secondary N) is 1. The molecule has 0 aliphatic carbocycles. The summed E-state index contributed by atoms with van der Waals surface area (Å²) in [5, 5.41) is 7.20. The van der Waals surface area contributed by atoms with Gasteiger partial charge in [-0.2, -0.15) is 5.10 Å². The zero-order chi connectivity index (χ0) is 29.1. The fraction of sp³-hybridized carbons (Fsp3) is 0.152. The first-order valence-electron chi connectivity index (χ1n) is 13.7. The number of likely N-dealkylation sites (tertiary alicyclic amines) is 1. The summed E-state index contributed by atoms with van der Waals surface area (Å²) in [5.41, 5.74) is 10.6. The smallest absolute Gasteiger partial charge is 0.255 e. The highest BCUT2D eigenvalue weighted by Gasteiger charge is 2.29. The van der Waals surface area contributed by atoms with Crippen LogP contribution in [0.4, 0.5) is 5.82 Å². The Morgan fingerprint density at radius 3 is 2.26 bits per heavy atom. The van der Waals surface area contributed by atoms with E-state index in [4.69, 9.17) is 10.5 Å². The molecule has 42 heavy (non-hydrogen) atoms. The number of anilines is 1. The molecule has 9 nitrogen and oxygen atoms in total. The molecular formula is C33H30N6O3. The minimum absolute atomic E-state index is 0.0651. The second-order valence-electron chi connectivity index (χ2n) is 10.3.